The second-order valence-corrected chi connectivity index (χ2v) is 9.86. The summed E-state index contributed by atoms with van der Waals surface area (Å²) >= 11 is 5.95. The van der Waals surface area contributed by atoms with Crippen molar-refractivity contribution >= 4 is 23.5 Å². The average molecular weight is 541 g/mol. The molecule has 1 spiro atoms. The number of carbonyl (C=O) groups is 2. The fraction of sp³-hybridized carbons (Fsp3) is 0.481. The Morgan fingerprint density at radius 2 is 1.51 bits per heavy atom. The maximum absolute atomic E-state index is 12.8. The highest BCUT2D eigenvalue weighted by molar-refractivity contribution is 6.30. The number of hydrogen-bond acceptors (Lipinski definition) is 4. The molecular weight excluding hydrogens is 509 g/mol. The molecule has 0 bridgehead atoms. The quantitative estimate of drug-likeness (QED) is 0.512. The van der Waals surface area contributed by atoms with Gasteiger partial charge in [-0.05, 0) is 81.4 Å². The van der Waals surface area contributed by atoms with Gasteiger partial charge in [0.2, 0.25) is 0 Å². The molecule has 2 saturated heterocycles. The number of likely N-dealkylation sites (tertiary alicyclic amines) is 2. The lowest BCUT2D eigenvalue weighted by Gasteiger charge is -2.47. The van der Waals surface area contributed by atoms with Crippen LogP contribution in [0.2, 0.25) is 5.02 Å². The van der Waals surface area contributed by atoms with Gasteiger partial charge >= 0.3 is 12.1 Å². The molecule has 2 aliphatic heterocycles. The van der Waals surface area contributed by atoms with Crippen LogP contribution in [0.1, 0.15) is 48.5 Å². The fourth-order valence-electron chi connectivity index (χ4n) is 4.82. The molecule has 2 aromatic rings. The van der Waals surface area contributed by atoms with Crippen LogP contribution in [-0.4, -0.2) is 65.7 Å². The zero-order chi connectivity index (χ0) is 27.1. The van der Waals surface area contributed by atoms with E-state index >= 15 is 0 Å². The first kappa shape index (κ1) is 28.8. The summed E-state index contributed by atoms with van der Waals surface area (Å²) in [7, 11) is 0. The number of benzene rings is 2. The predicted molar refractivity (Wildman–Crippen MR) is 135 cm³/mol. The number of aliphatic carboxylic acids is 1. The SMILES string of the molecule is CCOc1ccccc1CN1CCC2(CC1)CCN(C(=O)c1ccc(Cl)cc1)CC2.O=C(O)C(F)(F)F. The van der Waals surface area contributed by atoms with Gasteiger partial charge in [0.1, 0.15) is 5.75 Å². The van der Waals surface area contributed by atoms with E-state index in [2.05, 4.69) is 23.1 Å². The fourth-order valence-corrected chi connectivity index (χ4v) is 4.94. The number of para-hydroxylation sites is 1. The van der Waals surface area contributed by atoms with Crippen LogP contribution in [0.25, 0.3) is 0 Å². The molecule has 0 aliphatic carbocycles. The molecule has 0 radical (unpaired) electrons. The lowest BCUT2D eigenvalue weighted by molar-refractivity contribution is -0.192. The van der Waals surface area contributed by atoms with Gasteiger partial charge in [0.25, 0.3) is 5.91 Å². The van der Waals surface area contributed by atoms with E-state index in [-0.39, 0.29) is 5.91 Å². The molecule has 0 atom stereocenters. The first-order valence-corrected chi connectivity index (χ1v) is 12.7. The van der Waals surface area contributed by atoms with E-state index in [1.807, 2.05) is 30.0 Å². The maximum atomic E-state index is 12.8. The van der Waals surface area contributed by atoms with Crippen LogP contribution in [0.4, 0.5) is 13.2 Å². The lowest BCUT2D eigenvalue weighted by atomic mass is 9.71. The number of carboxylic acid groups (broad SMARTS) is 1. The van der Waals surface area contributed by atoms with Gasteiger partial charge in [0, 0.05) is 35.8 Å². The molecule has 10 heteroatoms. The number of carboxylic acids is 1. The van der Waals surface area contributed by atoms with Crippen LogP contribution in [0.5, 0.6) is 5.75 Å². The zero-order valence-electron chi connectivity index (χ0n) is 20.8. The van der Waals surface area contributed by atoms with E-state index in [4.69, 9.17) is 26.2 Å². The molecule has 2 aliphatic rings. The molecule has 1 amide bonds. The molecule has 2 aromatic carbocycles. The van der Waals surface area contributed by atoms with Crippen LogP contribution in [0, 0.1) is 5.41 Å². The summed E-state index contributed by atoms with van der Waals surface area (Å²) < 4.78 is 37.5. The number of alkyl halides is 3. The Morgan fingerprint density at radius 3 is 2.05 bits per heavy atom. The van der Waals surface area contributed by atoms with Crippen LogP contribution in [0.3, 0.4) is 0 Å². The number of rotatable bonds is 5. The third-order valence-corrected chi connectivity index (χ3v) is 7.28. The van der Waals surface area contributed by atoms with Crippen molar-refractivity contribution in [3.05, 3.63) is 64.7 Å². The minimum atomic E-state index is -5.08. The van der Waals surface area contributed by atoms with Crippen molar-refractivity contribution in [1.82, 2.24) is 9.80 Å². The van der Waals surface area contributed by atoms with Gasteiger partial charge in [-0.1, -0.05) is 29.8 Å². The third kappa shape index (κ3) is 8.10. The van der Waals surface area contributed by atoms with Crippen molar-refractivity contribution in [1.29, 1.82) is 0 Å². The zero-order valence-corrected chi connectivity index (χ0v) is 21.5. The van der Waals surface area contributed by atoms with Gasteiger partial charge < -0.3 is 14.7 Å². The monoisotopic (exact) mass is 540 g/mol. The number of halogens is 4. The van der Waals surface area contributed by atoms with E-state index in [1.54, 1.807) is 12.1 Å². The Kier molecular flexibility index (Phi) is 9.84. The molecule has 1 N–H and O–H groups in total. The van der Waals surface area contributed by atoms with Gasteiger partial charge in [-0.15, -0.1) is 0 Å². The predicted octanol–water partition coefficient (Wildman–Crippen LogP) is 5.89. The number of carbonyl (C=O) groups excluding carboxylic acids is 1. The van der Waals surface area contributed by atoms with Crippen molar-refractivity contribution in [3.8, 4) is 5.75 Å². The van der Waals surface area contributed by atoms with Crippen LogP contribution < -0.4 is 4.74 Å². The van der Waals surface area contributed by atoms with Gasteiger partial charge in [0.05, 0.1) is 6.61 Å². The second-order valence-electron chi connectivity index (χ2n) is 9.42. The number of hydrogen-bond donors (Lipinski definition) is 1. The average Bonchev–Trinajstić information content (AvgIpc) is 2.87. The molecule has 202 valence electrons. The molecule has 4 rings (SSSR count). The van der Waals surface area contributed by atoms with Crippen molar-refractivity contribution in [2.75, 3.05) is 32.8 Å². The summed E-state index contributed by atoms with van der Waals surface area (Å²) in [5.41, 5.74) is 2.41. The number of amides is 1. The summed E-state index contributed by atoms with van der Waals surface area (Å²) in [5.74, 6) is -1.62. The molecule has 2 heterocycles. The Bertz CT molecular complexity index is 1040. The van der Waals surface area contributed by atoms with E-state index in [0.717, 1.165) is 56.9 Å². The highest BCUT2D eigenvalue weighted by atomic mass is 35.5. The second kappa shape index (κ2) is 12.6. The molecule has 37 heavy (non-hydrogen) atoms. The Labute approximate surface area is 220 Å². The summed E-state index contributed by atoms with van der Waals surface area (Å²) in [6, 6.07) is 15.6. The highest BCUT2D eigenvalue weighted by Gasteiger charge is 2.39. The summed E-state index contributed by atoms with van der Waals surface area (Å²) in [6.45, 7) is 7.63. The molecule has 2 fully saturated rings. The standard InChI is InChI=1S/C25H31ClN2O2.C2HF3O2/c1-2-30-23-6-4-3-5-21(23)19-27-15-11-25(12-16-27)13-17-28(18-14-25)24(29)20-7-9-22(26)10-8-20;3-2(4,5)1(6)7/h3-10H,2,11-19H2,1H3;(H,6,7). The van der Waals surface area contributed by atoms with Gasteiger partial charge in [-0.3, -0.25) is 9.69 Å². The van der Waals surface area contributed by atoms with E-state index in [0.29, 0.717) is 17.0 Å². The highest BCUT2D eigenvalue weighted by Crippen LogP contribution is 2.42. The summed E-state index contributed by atoms with van der Waals surface area (Å²) in [5, 5.41) is 7.79. The molecule has 0 unspecified atom stereocenters. The van der Waals surface area contributed by atoms with E-state index in [9.17, 15) is 18.0 Å². The summed E-state index contributed by atoms with van der Waals surface area (Å²) in [4.78, 5) is 26.2. The normalized spacial score (nSPS) is 17.6. The minimum absolute atomic E-state index is 0.131. The Morgan fingerprint density at radius 1 is 0.973 bits per heavy atom. The third-order valence-electron chi connectivity index (χ3n) is 7.03. The Balaban J connectivity index is 0.000000479. The molecule has 0 saturated carbocycles. The van der Waals surface area contributed by atoms with Crippen molar-refractivity contribution in [2.45, 2.75) is 45.3 Å². The van der Waals surface area contributed by atoms with E-state index in [1.165, 1.54) is 18.4 Å². The summed E-state index contributed by atoms with van der Waals surface area (Å²) in [6.07, 6.45) is -0.440. The maximum Gasteiger partial charge on any atom is 0.490 e. The van der Waals surface area contributed by atoms with Crippen molar-refractivity contribution < 1.29 is 32.6 Å². The molecule has 0 aromatic heterocycles. The lowest BCUT2D eigenvalue weighted by Crippen LogP contribution is -2.48. The van der Waals surface area contributed by atoms with Crippen LogP contribution >= 0.6 is 11.6 Å². The van der Waals surface area contributed by atoms with Crippen molar-refractivity contribution in [2.24, 2.45) is 5.41 Å². The number of piperidine rings is 2. The molecule has 6 nitrogen and oxygen atoms in total. The number of ether oxygens (including phenoxy) is 1. The minimum Gasteiger partial charge on any atom is -0.494 e. The number of nitrogens with zero attached hydrogens (tertiary/aromatic N) is 2. The van der Waals surface area contributed by atoms with Crippen LogP contribution in [-0.2, 0) is 11.3 Å². The largest absolute Gasteiger partial charge is 0.494 e. The van der Waals surface area contributed by atoms with Gasteiger partial charge in [-0.2, -0.15) is 13.2 Å². The van der Waals surface area contributed by atoms with Crippen LogP contribution in [0.15, 0.2) is 48.5 Å². The molecular formula is C27H32ClF3N2O4. The Hall–Kier alpha value is -2.78. The smallest absolute Gasteiger partial charge is 0.490 e. The first-order chi connectivity index (χ1) is 17.5. The van der Waals surface area contributed by atoms with Crippen molar-refractivity contribution in [3.63, 3.8) is 0 Å². The van der Waals surface area contributed by atoms with Gasteiger partial charge in [0.15, 0.2) is 0 Å². The van der Waals surface area contributed by atoms with E-state index < -0.39 is 12.1 Å². The first-order valence-electron chi connectivity index (χ1n) is 12.3. The van der Waals surface area contributed by atoms with Gasteiger partial charge in [-0.25, -0.2) is 4.79 Å². The topological polar surface area (TPSA) is 70.1 Å².